The van der Waals surface area contributed by atoms with E-state index in [1.54, 1.807) is 7.05 Å². The number of aromatic nitrogens is 1. The second-order valence-electron chi connectivity index (χ2n) is 6.83. The Morgan fingerprint density at radius 3 is 2.48 bits per heavy atom. The Kier molecular flexibility index (Phi) is 9.99. The van der Waals surface area contributed by atoms with E-state index in [2.05, 4.69) is 49.6 Å². The van der Waals surface area contributed by atoms with Gasteiger partial charge in [0.05, 0.1) is 6.54 Å². The number of para-hydroxylation sites is 1. The van der Waals surface area contributed by atoms with Crippen LogP contribution in [0.5, 0.6) is 5.75 Å². The largest absolute Gasteiger partial charge is 0.492 e. The Labute approximate surface area is 190 Å². The van der Waals surface area contributed by atoms with Crippen LogP contribution in [-0.4, -0.2) is 69.3 Å². The van der Waals surface area contributed by atoms with Crippen molar-refractivity contribution in [2.24, 2.45) is 4.99 Å². The fourth-order valence-electron chi connectivity index (χ4n) is 3.01. The molecule has 1 aliphatic rings. The zero-order valence-electron chi connectivity index (χ0n) is 17.2. The molecule has 8 heteroatoms. The van der Waals surface area contributed by atoms with E-state index >= 15 is 0 Å². The van der Waals surface area contributed by atoms with Gasteiger partial charge in [0.15, 0.2) is 5.96 Å². The molecule has 1 fully saturated rings. The van der Waals surface area contributed by atoms with Gasteiger partial charge in [-0.3, -0.25) is 4.99 Å². The molecule has 29 heavy (non-hydrogen) atoms. The van der Waals surface area contributed by atoms with Gasteiger partial charge in [-0.25, -0.2) is 4.98 Å². The Morgan fingerprint density at radius 1 is 1.07 bits per heavy atom. The van der Waals surface area contributed by atoms with Gasteiger partial charge in [-0.15, -0.1) is 24.0 Å². The number of nitrogens with one attached hydrogen (secondary N) is 2. The fraction of sp³-hybridized carbons (Fsp3) is 0.429. The van der Waals surface area contributed by atoms with Gasteiger partial charge in [-0.05, 0) is 30.8 Å². The molecule has 0 saturated carbocycles. The predicted molar refractivity (Wildman–Crippen MR) is 130 cm³/mol. The standard InChI is InChI=1S/C21H30N6O.HI/c1-22-21(23-10-15-28-19-6-4-3-5-7-19)25-17-18-8-9-20(24-16-18)27-13-11-26(2)12-14-27;/h3-9,16H,10-15,17H2,1-2H3,(H2,22,23,25);1H. The second kappa shape index (κ2) is 12.5. The molecule has 2 aromatic rings. The van der Waals surface area contributed by atoms with Crippen LogP contribution in [0.4, 0.5) is 5.82 Å². The minimum absolute atomic E-state index is 0. The molecule has 1 aromatic carbocycles. The number of likely N-dealkylation sites (N-methyl/N-ethyl adjacent to an activating group) is 1. The SMILES string of the molecule is CN=C(NCCOc1ccccc1)NCc1ccc(N2CCN(C)CC2)nc1.I. The summed E-state index contributed by atoms with van der Waals surface area (Å²) in [7, 11) is 3.93. The number of ether oxygens (including phenoxy) is 1. The molecular weight excluding hydrogens is 479 g/mol. The van der Waals surface area contributed by atoms with E-state index in [0.29, 0.717) is 19.7 Å². The summed E-state index contributed by atoms with van der Waals surface area (Å²) < 4.78 is 5.68. The third-order valence-corrected chi connectivity index (χ3v) is 4.73. The number of piperazine rings is 1. The highest BCUT2D eigenvalue weighted by atomic mass is 127. The molecule has 3 rings (SSSR count). The molecule has 1 saturated heterocycles. The zero-order valence-corrected chi connectivity index (χ0v) is 19.5. The fourth-order valence-corrected chi connectivity index (χ4v) is 3.01. The Morgan fingerprint density at radius 2 is 1.83 bits per heavy atom. The highest BCUT2D eigenvalue weighted by Crippen LogP contribution is 2.13. The van der Waals surface area contributed by atoms with Crippen molar-refractivity contribution in [3.8, 4) is 5.75 Å². The molecule has 0 atom stereocenters. The van der Waals surface area contributed by atoms with Crippen LogP contribution in [0.1, 0.15) is 5.56 Å². The lowest BCUT2D eigenvalue weighted by Gasteiger charge is -2.33. The molecule has 7 nitrogen and oxygen atoms in total. The van der Waals surface area contributed by atoms with Crippen molar-refractivity contribution in [3.63, 3.8) is 0 Å². The number of halogens is 1. The molecule has 0 bridgehead atoms. The Balaban J connectivity index is 0.00000300. The molecule has 1 aliphatic heterocycles. The molecule has 0 spiro atoms. The molecular formula is C21H31IN6O. The smallest absolute Gasteiger partial charge is 0.191 e. The molecule has 2 heterocycles. The number of rotatable bonds is 7. The molecule has 0 amide bonds. The summed E-state index contributed by atoms with van der Waals surface area (Å²) in [5.74, 6) is 2.68. The topological polar surface area (TPSA) is 65.0 Å². The van der Waals surface area contributed by atoms with Gasteiger partial charge in [0.25, 0.3) is 0 Å². The average Bonchev–Trinajstić information content (AvgIpc) is 2.75. The average molecular weight is 510 g/mol. The zero-order chi connectivity index (χ0) is 19.6. The van der Waals surface area contributed by atoms with Crippen LogP contribution in [0.3, 0.4) is 0 Å². The van der Waals surface area contributed by atoms with Crippen LogP contribution in [0.2, 0.25) is 0 Å². The van der Waals surface area contributed by atoms with Crippen molar-refractivity contribution in [2.75, 3.05) is 58.3 Å². The maximum atomic E-state index is 5.68. The van der Waals surface area contributed by atoms with Crippen molar-refractivity contribution in [3.05, 3.63) is 54.2 Å². The van der Waals surface area contributed by atoms with Crippen molar-refractivity contribution in [2.45, 2.75) is 6.54 Å². The van der Waals surface area contributed by atoms with E-state index in [4.69, 9.17) is 4.74 Å². The molecule has 0 unspecified atom stereocenters. The minimum atomic E-state index is 0. The monoisotopic (exact) mass is 510 g/mol. The molecule has 158 valence electrons. The Hall–Kier alpha value is -2.07. The summed E-state index contributed by atoms with van der Waals surface area (Å²) in [6.07, 6.45) is 1.94. The lowest BCUT2D eigenvalue weighted by molar-refractivity contribution is 0.312. The summed E-state index contributed by atoms with van der Waals surface area (Å²) >= 11 is 0. The molecule has 0 aliphatic carbocycles. The van der Waals surface area contributed by atoms with Crippen LogP contribution >= 0.6 is 24.0 Å². The third kappa shape index (κ3) is 7.69. The lowest BCUT2D eigenvalue weighted by Crippen LogP contribution is -2.44. The minimum Gasteiger partial charge on any atom is -0.492 e. The first-order chi connectivity index (χ1) is 13.7. The van der Waals surface area contributed by atoms with Crippen molar-refractivity contribution >= 4 is 35.8 Å². The van der Waals surface area contributed by atoms with Crippen LogP contribution in [0, 0.1) is 0 Å². The summed E-state index contributed by atoms with van der Waals surface area (Å²) in [4.78, 5) is 13.6. The van der Waals surface area contributed by atoms with Crippen LogP contribution in [0.25, 0.3) is 0 Å². The highest BCUT2D eigenvalue weighted by molar-refractivity contribution is 14.0. The van der Waals surface area contributed by atoms with Crippen LogP contribution in [-0.2, 0) is 6.54 Å². The maximum absolute atomic E-state index is 5.68. The van der Waals surface area contributed by atoms with Gasteiger partial charge in [-0.1, -0.05) is 24.3 Å². The van der Waals surface area contributed by atoms with Gasteiger partial charge < -0.3 is 25.2 Å². The van der Waals surface area contributed by atoms with E-state index in [-0.39, 0.29) is 24.0 Å². The summed E-state index contributed by atoms with van der Waals surface area (Å²) in [5, 5.41) is 6.57. The number of aliphatic imine (C=N–C) groups is 1. The summed E-state index contributed by atoms with van der Waals surface area (Å²) in [5.41, 5.74) is 1.13. The molecule has 2 N–H and O–H groups in total. The van der Waals surface area contributed by atoms with E-state index in [0.717, 1.165) is 49.3 Å². The van der Waals surface area contributed by atoms with Crippen molar-refractivity contribution < 1.29 is 4.74 Å². The van der Waals surface area contributed by atoms with Gasteiger partial charge in [0.1, 0.15) is 18.2 Å². The third-order valence-electron chi connectivity index (χ3n) is 4.73. The van der Waals surface area contributed by atoms with Crippen molar-refractivity contribution in [1.29, 1.82) is 0 Å². The highest BCUT2D eigenvalue weighted by Gasteiger charge is 2.14. The predicted octanol–water partition coefficient (Wildman–Crippen LogP) is 2.20. The number of nitrogens with zero attached hydrogens (tertiary/aromatic N) is 4. The second-order valence-corrected chi connectivity index (χ2v) is 6.83. The van der Waals surface area contributed by atoms with Crippen LogP contribution in [0.15, 0.2) is 53.7 Å². The maximum Gasteiger partial charge on any atom is 0.191 e. The van der Waals surface area contributed by atoms with Gasteiger partial charge in [0, 0.05) is 46.0 Å². The van der Waals surface area contributed by atoms with E-state index in [1.165, 1.54) is 0 Å². The quantitative estimate of drug-likeness (QED) is 0.258. The summed E-state index contributed by atoms with van der Waals surface area (Å²) in [6.45, 7) is 6.16. The number of pyridine rings is 1. The first-order valence-electron chi connectivity index (χ1n) is 9.75. The van der Waals surface area contributed by atoms with Gasteiger partial charge in [0.2, 0.25) is 0 Å². The first kappa shape index (κ1) is 23.2. The lowest BCUT2D eigenvalue weighted by atomic mass is 10.2. The molecule has 0 radical (unpaired) electrons. The van der Waals surface area contributed by atoms with E-state index in [9.17, 15) is 0 Å². The number of hydrogen-bond donors (Lipinski definition) is 2. The number of benzene rings is 1. The molecule has 1 aromatic heterocycles. The number of guanidine groups is 1. The van der Waals surface area contributed by atoms with E-state index in [1.807, 2.05) is 36.5 Å². The Bertz CT molecular complexity index is 733. The van der Waals surface area contributed by atoms with E-state index < -0.39 is 0 Å². The summed E-state index contributed by atoms with van der Waals surface area (Å²) in [6, 6.07) is 14.0. The van der Waals surface area contributed by atoms with Crippen LogP contribution < -0.4 is 20.3 Å². The first-order valence-corrected chi connectivity index (χ1v) is 9.75. The number of anilines is 1. The number of hydrogen-bond acceptors (Lipinski definition) is 5. The van der Waals surface area contributed by atoms with Crippen molar-refractivity contribution in [1.82, 2.24) is 20.5 Å². The van der Waals surface area contributed by atoms with Gasteiger partial charge in [-0.2, -0.15) is 0 Å². The normalized spacial score (nSPS) is 14.8. The van der Waals surface area contributed by atoms with Gasteiger partial charge >= 0.3 is 0 Å².